The van der Waals surface area contributed by atoms with Gasteiger partial charge in [0.15, 0.2) is 5.84 Å². The van der Waals surface area contributed by atoms with Crippen LogP contribution in [0.5, 0.6) is 0 Å². The molecule has 0 saturated carbocycles. The van der Waals surface area contributed by atoms with Crippen LogP contribution in [0.25, 0.3) is 0 Å². The number of alkyl halides is 5. The molecule has 1 aromatic heterocycles. The molecule has 3 aliphatic rings. The number of carbonyl (C=O) groups is 1. The smallest absolute Gasteiger partial charge is 0.354 e. The molecule has 174 valence electrons. The van der Waals surface area contributed by atoms with Crippen LogP contribution in [0.2, 0.25) is 0 Å². The summed E-state index contributed by atoms with van der Waals surface area (Å²) in [5.41, 5.74) is -0.773. The van der Waals surface area contributed by atoms with Crippen molar-refractivity contribution >= 4 is 17.6 Å². The monoisotopic (exact) mass is 458 g/mol. The number of anilines is 1. The number of rotatable bonds is 3. The fraction of sp³-hybridized carbons (Fsp3) is 0.550. The van der Waals surface area contributed by atoms with Crippen LogP contribution < -0.4 is 4.90 Å². The summed E-state index contributed by atoms with van der Waals surface area (Å²) in [7, 11) is 1.66. The lowest BCUT2D eigenvalue weighted by Gasteiger charge is -2.43. The Hall–Kier alpha value is -2.76. The number of hydrogen-bond donors (Lipinski definition) is 0. The molecule has 2 fully saturated rings. The van der Waals surface area contributed by atoms with E-state index in [0.29, 0.717) is 26.2 Å². The molecule has 1 aromatic rings. The zero-order chi connectivity index (χ0) is 23.1. The van der Waals surface area contributed by atoms with Gasteiger partial charge in [0.2, 0.25) is 0 Å². The summed E-state index contributed by atoms with van der Waals surface area (Å²) in [5.74, 6) is -3.47. The minimum absolute atomic E-state index is 0.0304. The lowest BCUT2D eigenvalue weighted by atomic mass is 10.2. The largest absolute Gasteiger partial charge is 0.419 e. The van der Waals surface area contributed by atoms with Crippen LogP contribution in [0, 0.1) is 0 Å². The summed E-state index contributed by atoms with van der Waals surface area (Å²) in [5, 5.41) is 0. The van der Waals surface area contributed by atoms with E-state index in [2.05, 4.69) is 9.98 Å². The third kappa shape index (κ3) is 4.41. The van der Waals surface area contributed by atoms with Crippen molar-refractivity contribution in [1.82, 2.24) is 19.7 Å². The van der Waals surface area contributed by atoms with E-state index in [1.807, 2.05) is 4.90 Å². The molecular weight excluding hydrogens is 435 g/mol. The summed E-state index contributed by atoms with van der Waals surface area (Å²) in [4.78, 5) is 27.1. The van der Waals surface area contributed by atoms with Gasteiger partial charge in [-0.15, -0.1) is 0 Å². The molecule has 0 aromatic carbocycles. The molecule has 4 rings (SSSR count). The number of likely N-dealkylation sites (tertiary alicyclic amines) is 1. The number of aliphatic imine (C=N–C) groups is 1. The van der Waals surface area contributed by atoms with E-state index in [9.17, 15) is 26.7 Å². The van der Waals surface area contributed by atoms with Gasteiger partial charge in [0.05, 0.1) is 12.1 Å². The van der Waals surface area contributed by atoms with Gasteiger partial charge in [-0.3, -0.25) is 9.69 Å². The van der Waals surface area contributed by atoms with Crippen molar-refractivity contribution in [3.05, 3.63) is 36.2 Å². The number of halogens is 5. The van der Waals surface area contributed by atoms with E-state index in [4.69, 9.17) is 0 Å². The molecule has 32 heavy (non-hydrogen) atoms. The summed E-state index contributed by atoms with van der Waals surface area (Å²) in [6, 6.07) is 2.28. The Bertz CT molecular complexity index is 925. The maximum absolute atomic E-state index is 13.5. The molecule has 1 amide bonds. The van der Waals surface area contributed by atoms with E-state index in [1.54, 1.807) is 22.9 Å². The molecule has 0 aliphatic carbocycles. The van der Waals surface area contributed by atoms with Crippen molar-refractivity contribution < 1.29 is 26.7 Å². The number of carbonyl (C=O) groups excluding carboxylic acids is 1. The Labute approximate surface area is 181 Å². The van der Waals surface area contributed by atoms with Crippen molar-refractivity contribution in [1.29, 1.82) is 0 Å². The Balaban J connectivity index is 1.41. The van der Waals surface area contributed by atoms with Crippen molar-refractivity contribution in [3.63, 3.8) is 0 Å². The number of amides is 1. The van der Waals surface area contributed by atoms with Crippen LogP contribution in [0.15, 0.2) is 35.6 Å². The Morgan fingerprint density at radius 3 is 2.50 bits per heavy atom. The minimum Gasteiger partial charge on any atom is -0.354 e. The summed E-state index contributed by atoms with van der Waals surface area (Å²) < 4.78 is 67.0. The first-order chi connectivity index (χ1) is 15.1. The zero-order valence-corrected chi connectivity index (χ0v) is 17.4. The normalized spacial score (nSPS) is 24.1. The van der Waals surface area contributed by atoms with Gasteiger partial charge < -0.3 is 14.7 Å². The number of nitrogens with zero attached hydrogens (tertiary/aromatic N) is 6. The second-order valence-corrected chi connectivity index (χ2v) is 8.05. The van der Waals surface area contributed by atoms with E-state index >= 15 is 0 Å². The van der Waals surface area contributed by atoms with Gasteiger partial charge in [0.1, 0.15) is 12.0 Å². The Morgan fingerprint density at radius 2 is 1.88 bits per heavy atom. The van der Waals surface area contributed by atoms with Crippen LogP contribution >= 0.6 is 0 Å². The Morgan fingerprint density at radius 1 is 1.16 bits per heavy atom. The molecule has 1 atom stereocenters. The molecular formula is C20H23F5N6O. The van der Waals surface area contributed by atoms with E-state index in [1.165, 1.54) is 18.5 Å². The quantitative estimate of drug-likeness (QED) is 0.651. The van der Waals surface area contributed by atoms with Crippen LogP contribution in [-0.2, 0) is 11.0 Å². The van der Waals surface area contributed by atoms with E-state index in [-0.39, 0.29) is 30.8 Å². The second kappa shape index (κ2) is 8.30. The first-order valence-corrected chi connectivity index (χ1v) is 10.2. The fourth-order valence-corrected chi connectivity index (χ4v) is 4.23. The number of piperazine rings is 1. The standard InChI is InChI=1S/C20H23F5N6O/c1-28-15(4-7-27-17(28)18(32)31-8-5-19(21,22)13-31)29-9-11-30(12-10-29)16-14(20(23,24)25)3-2-6-26-16/h2-4,6-7,15H,5,8-13H2,1H3/t15-/m1/s1. The van der Waals surface area contributed by atoms with Crippen LogP contribution in [0.1, 0.15) is 12.0 Å². The summed E-state index contributed by atoms with van der Waals surface area (Å²) >= 11 is 0. The van der Waals surface area contributed by atoms with Crippen LogP contribution in [0.4, 0.5) is 27.8 Å². The van der Waals surface area contributed by atoms with Crippen molar-refractivity contribution in [2.75, 3.05) is 51.2 Å². The molecule has 0 spiro atoms. The highest BCUT2D eigenvalue weighted by Gasteiger charge is 2.43. The summed E-state index contributed by atoms with van der Waals surface area (Å²) in [6.45, 7) is 0.829. The average molecular weight is 458 g/mol. The highest BCUT2D eigenvalue weighted by molar-refractivity contribution is 6.38. The van der Waals surface area contributed by atoms with Crippen molar-refractivity contribution in [2.24, 2.45) is 4.99 Å². The maximum Gasteiger partial charge on any atom is 0.419 e. The second-order valence-electron chi connectivity index (χ2n) is 8.05. The summed E-state index contributed by atoms with van der Waals surface area (Å²) in [6.07, 6.45) is -0.644. The zero-order valence-electron chi connectivity index (χ0n) is 17.4. The highest BCUT2D eigenvalue weighted by atomic mass is 19.4. The molecule has 0 bridgehead atoms. The predicted octanol–water partition coefficient (Wildman–Crippen LogP) is 2.27. The molecule has 0 unspecified atom stereocenters. The number of likely N-dealkylation sites (N-methyl/N-ethyl adjacent to an activating group) is 1. The van der Waals surface area contributed by atoms with Gasteiger partial charge in [0, 0.05) is 58.6 Å². The number of amidine groups is 1. The first-order valence-electron chi connectivity index (χ1n) is 10.2. The third-order valence-corrected chi connectivity index (χ3v) is 5.91. The van der Waals surface area contributed by atoms with Gasteiger partial charge in [0.25, 0.3) is 11.8 Å². The van der Waals surface area contributed by atoms with Gasteiger partial charge in [-0.2, -0.15) is 13.2 Å². The number of pyridine rings is 1. The van der Waals surface area contributed by atoms with Crippen molar-refractivity contribution in [3.8, 4) is 0 Å². The van der Waals surface area contributed by atoms with Crippen LogP contribution in [-0.4, -0.2) is 89.8 Å². The van der Waals surface area contributed by atoms with Gasteiger partial charge in [-0.25, -0.2) is 18.8 Å². The van der Waals surface area contributed by atoms with Crippen molar-refractivity contribution in [2.45, 2.75) is 24.7 Å². The average Bonchev–Trinajstić information content (AvgIpc) is 3.13. The van der Waals surface area contributed by atoms with E-state index < -0.39 is 30.1 Å². The molecule has 0 N–H and O–H groups in total. The highest BCUT2D eigenvalue weighted by Crippen LogP contribution is 2.35. The number of hydrogen-bond acceptors (Lipinski definition) is 6. The van der Waals surface area contributed by atoms with E-state index in [0.717, 1.165) is 11.0 Å². The Kier molecular flexibility index (Phi) is 5.82. The lowest BCUT2D eigenvalue weighted by molar-refractivity contribution is -0.137. The first kappa shape index (κ1) is 22.4. The third-order valence-electron chi connectivity index (χ3n) is 5.91. The van der Waals surface area contributed by atoms with Crippen LogP contribution in [0.3, 0.4) is 0 Å². The van der Waals surface area contributed by atoms with Gasteiger partial charge in [-0.1, -0.05) is 0 Å². The lowest BCUT2D eigenvalue weighted by Crippen LogP contribution is -2.58. The number of aromatic nitrogens is 1. The van der Waals surface area contributed by atoms with Gasteiger partial charge >= 0.3 is 6.18 Å². The topological polar surface area (TPSA) is 55.3 Å². The fourth-order valence-electron chi connectivity index (χ4n) is 4.23. The van der Waals surface area contributed by atoms with Gasteiger partial charge in [-0.05, 0) is 18.2 Å². The molecule has 12 heteroatoms. The molecule has 7 nitrogen and oxygen atoms in total. The minimum atomic E-state index is -4.49. The molecule has 3 aliphatic heterocycles. The maximum atomic E-state index is 13.5. The molecule has 0 radical (unpaired) electrons. The molecule has 2 saturated heterocycles. The predicted molar refractivity (Wildman–Crippen MR) is 107 cm³/mol. The SMILES string of the molecule is CN1C(C(=O)N2CCC(F)(F)C2)=NC=C[C@H]1N1CCN(c2ncccc2C(F)(F)F)CC1. The molecule has 4 heterocycles.